The summed E-state index contributed by atoms with van der Waals surface area (Å²) >= 11 is 0. The summed E-state index contributed by atoms with van der Waals surface area (Å²) in [6.45, 7) is 1.32. The van der Waals surface area contributed by atoms with Crippen molar-refractivity contribution < 1.29 is 9.18 Å². The van der Waals surface area contributed by atoms with Crippen molar-refractivity contribution in [2.24, 2.45) is 0 Å². The minimum Gasteiger partial charge on any atom is -0.337 e. The molecule has 2 aromatic heterocycles. The van der Waals surface area contributed by atoms with Crippen LogP contribution in [0.1, 0.15) is 34.9 Å². The Hall–Kier alpha value is -3.15. The van der Waals surface area contributed by atoms with Gasteiger partial charge in [-0.15, -0.1) is 0 Å². The molecule has 1 aromatic carbocycles. The molecule has 0 aliphatic carbocycles. The van der Waals surface area contributed by atoms with E-state index in [1.807, 2.05) is 23.1 Å². The minimum atomic E-state index is -0.264. The van der Waals surface area contributed by atoms with Gasteiger partial charge in [-0.25, -0.2) is 9.37 Å². The van der Waals surface area contributed by atoms with Crippen molar-refractivity contribution in [3.8, 4) is 11.3 Å². The van der Waals surface area contributed by atoms with Crippen LogP contribution in [0.25, 0.3) is 11.3 Å². The van der Waals surface area contributed by atoms with E-state index in [0.717, 1.165) is 29.8 Å². The van der Waals surface area contributed by atoms with Crippen LogP contribution in [-0.4, -0.2) is 38.8 Å². The van der Waals surface area contributed by atoms with Gasteiger partial charge in [0.05, 0.1) is 11.9 Å². The molecule has 1 unspecified atom stereocenters. The number of likely N-dealkylation sites (tertiary alicyclic amines) is 1. The Balaban J connectivity index is 1.54. The minimum absolute atomic E-state index is 0.0949. The number of hydrogen-bond donors (Lipinski definition) is 0. The van der Waals surface area contributed by atoms with E-state index in [1.54, 1.807) is 18.3 Å². The van der Waals surface area contributed by atoms with Crippen LogP contribution in [0, 0.1) is 5.82 Å². The lowest BCUT2D eigenvalue weighted by atomic mass is 9.93. The highest BCUT2D eigenvalue weighted by Crippen LogP contribution is 2.28. The maximum atomic E-state index is 13.2. The number of amides is 1. The molecule has 1 amide bonds. The summed E-state index contributed by atoms with van der Waals surface area (Å²) in [6, 6.07) is 12.2. The van der Waals surface area contributed by atoms with E-state index in [4.69, 9.17) is 4.98 Å². The first-order chi connectivity index (χ1) is 13.2. The molecule has 0 N–H and O–H groups in total. The topological polar surface area (TPSA) is 59.0 Å². The normalized spacial score (nSPS) is 16.9. The van der Waals surface area contributed by atoms with Gasteiger partial charge in [0.15, 0.2) is 0 Å². The van der Waals surface area contributed by atoms with Crippen molar-refractivity contribution in [3.05, 3.63) is 78.3 Å². The quantitative estimate of drug-likeness (QED) is 0.713. The zero-order chi connectivity index (χ0) is 18.6. The molecule has 3 heterocycles. The van der Waals surface area contributed by atoms with Gasteiger partial charge >= 0.3 is 0 Å². The van der Waals surface area contributed by atoms with E-state index in [-0.39, 0.29) is 17.6 Å². The molecule has 4 rings (SSSR count). The summed E-state index contributed by atoms with van der Waals surface area (Å²) in [5.41, 5.74) is 3.01. The highest BCUT2D eigenvalue weighted by Gasteiger charge is 2.27. The number of benzene rings is 1. The predicted molar refractivity (Wildman–Crippen MR) is 99.5 cm³/mol. The van der Waals surface area contributed by atoms with Crippen LogP contribution in [0.2, 0.25) is 0 Å². The third-order valence-electron chi connectivity index (χ3n) is 4.82. The van der Waals surface area contributed by atoms with E-state index < -0.39 is 0 Å². The van der Waals surface area contributed by atoms with Crippen molar-refractivity contribution in [2.75, 3.05) is 13.1 Å². The number of rotatable bonds is 3. The van der Waals surface area contributed by atoms with Gasteiger partial charge in [-0.2, -0.15) is 0 Å². The zero-order valence-corrected chi connectivity index (χ0v) is 14.8. The molecular weight excluding hydrogens is 343 g/mol. The highest BCUT2D eigenvalue weighted by atomic mass is 19.1. The Kier molecular flexibility index (Phi) is 4.87. The van der Waals surface area contributed by atoms with Gasteiger partial charge in [-0.05, 0) is 49.2 Å². The Bertz CT molecular complexity index is 930. The van der Waals surface area contributed by atoms with Crippen LogP contribution in [0.15, 0.2) is 61.1 Å². The second-order valence-electron chi connectivity index (χ2n) is 6.64. The summed E-state index contributed by atoms with van der Waals surface area (Å²) in [7, 11) is 0. The van der Waals surface area contributed by atoms with Crippen LogP contribution in [0.3, 0.4) is 0 Å². The van der Waals surface area contributed by atoms with E-state index >= 15 is 0 Å². The van der Waals surface area contributed by atoms with Gasteiger partial charge in [0, 0.05) is 42.7 Å². The second kappa shape index (κ2) is 7.61. The second-order valence-corrected chi connectivity index (χ2v) is 6.64. The van der Waals surface area contributed by atoms with Gasteiger partial charge in [-0.1, -0.05) is 6.07 Å². The van der Waals surface area contributed by atoms with Crippen LogP contribution in [-0.2, 0) is 0 Å². The molecule has 27 heavy (non-hydrogen) atoms. The third kappa shape index (κ3) is 3.84. The fourth-order valence-corrected chi connectivity index (χ4v) is 3.43. The fourth-order valence-electron chi connectivity index (χ4n) is 3.43. The third-order valence-corrected chi connectivity index (χ3v) is 4.82. The van der Waals surface area contributed by atoms with Crippen LogP contribution in [0.4, 0.5) is 4.39 Å². The molecule has 136 valence electrons. The van der Waals surface area contributed by atoms with E-state index in [9.17, 15) is 9.18 Å². The summed E-state index contributed by atoms with van der Waals surface area (Å²) in [6.07, 6.45) is 6.48. The van der Waals surface area contributed by atoms with Gasteiger partial charge in [0.25, 0.3) is 5.91 Å². The van der Waals surface area contributed by atoms with Gasteiger partial charge in [0.2, 0.25) is 0 Å². The zero-order valence-electron chi connectivity index (χ0n) is 14.8. The molecule has 3 aromatic rings. The van der Waals surface area contributed by atoms with Crippen molar-refractivity contribution in [1.29, 1.82) is 0 Å². The lowest BCUT2D eigenvalue weighted by molar-refractivity contribution is 0.0699. The maximum absolute atomic E-state index is 13.2. The van der Waals surface area contributed by atoms with Crippen molar-refractivity contribution in [2.45, 2.75) is 18.8 Å². The fraction of sp³-hybridized carbons (Fsp3) is 0.238. The first-order valence-electron chi connectivity index (χ1n) is 8.99. The largest absolute Gasteiger partial charge is 0.337 e. The number of carbonyl (C=O) groups is 1. The molecule has 0 radical (unpaired) electrons. The number of hydrogen-bond acceptors (Lipinski definition) is 4. The smallest absolute Gasteiger partial charge is 0.274 e. The van der Waals surface area contributed by atoms with Crippen LogP contribution in [0.5, 0.6) is 0 Å². The molecule has 1 aliphatic heterocycles. The SMILES string of the molecule is O=C(c1cnccn1)N1CCCC(c2cccc(-c3ccc(F)cc3)n2)C1. The molecular formula is C21H19FN4O. The van der Waals surface area contributed by atoms with Crippen LogP contribution < -0.4 is 0 Å². The summed E-state index contributed by atoms with van der Waals surface area (Å²) < 4.78 is 13.2. The molecule has 1 aliphatic rings. The number of halogens is 1. The lowest BCUT2D eigenvalue weighted by Gasteiger charge is -2.32. The molecule has 0 spiro atoms. The summed E-state index contributed by atoms with van der Waals surface area (Å²) in [5.74, 6) is -0.192. The molecule has 6 heteroatoms. The standard InChI is InChI=1S/C21H19FN4O/c22-17-8-6-15(7-9-17)18-4-1-5-19(25-18)16-3-2-12-26(14-16)21(27)20-13-23-10-11-24-20/h1,4-11,13,16H,2-3,12,14H2. The number of aromatic nitrogens is 3. The molecule has 5 nitrogen and oxygen atoms in total. The predicted octanol–water partition coefficient (Wildman–Crippen LogP) is 3.70. The highest BCUT2D eigenvalue weighted by molar-refractivity contribution is 5.92. The number of piperidine rings is 1. The first kappa shape index (κ1) is 17.3. The van der Waals surface area contributed by atoms with Crippen molar-refractivity contribution in [1.82, 2.24) is 19.9 Å². The lowest BCUT2D eigenvalue weighted by Crippen LogP contribution is -2.39. The average Bonchev–Trinajstić information content (AvgIpc) is 2.74. The van der Waals surface area contributed by atoms with Gasteiger partial charge in [-0.3, -0.25) is 14.8 Å². The monoisotopic (exact) mass is 362 g/mol. The molecule has 1 fully saturated rings. The summed E-state index contributed by atoms with van der Waals surface area (Å²) in [4.78, 5) is 27.4. The number of carbonyl (C=O) groups excluding carboxylic acids is 1. The van der Waals surface area contributed by atoms with Crippen molar-refractivity contribution >= 4 is 5.91 Å². The first-order valence-corrected chi connectivity index (χ1v) is 8.99. The molecule has 0 bridgehead atoms. The number of pyridine rings is 1. The Morgan fingerprint density at radius 3 is 2.74 bits per heavy atom. The molecule has 0 saturated carbocycles. The van der Waals surface area contributed by atoms with Crippen molar-refractivity contribution in [3.63, 3.8) is 0 Å². The average molecular weight is 362 g/mol. The Morgan fingerprint density at radius 1 is 1.11 bits per heavy atom. The van der Waals surface area contributed by atoms with E-state index in [2.05, 4.69) is 9.97 Å². The van der Waals surface area contributed by atoms with E-state index in [0.29, 0.717) is 18.8 Å². The Labute approximate surface area is 156 Å². The van der Waals surface area contributed by atoms with E-state index in [1.165, 1.54) is 24.5 Å². The summed E-state index contributed by atoms with van der Waals surface area (Å²) in [5, 5.41) is 0. The number of nitrogens with zero attached hydrogens (tertiary/aromatic N) is 4. The van der Waals surface area contributed by atoms with Gasteiger partial charge in [0.1, 0.15) is 11.5 Å². The Morgan fingerprint density at radius 2 is 1.96 bits per heavy atom. The maximum Gasteiger partial charge on any atom is 0.274 e. The molecule has 1 saturated heterocycles. The van der Waals surface area contributed by atoms with Crippen LogP contribution >= 0.6 is 0 Å². The molecule has 1 atom stereocenters. The van der Waals surface area contributed by atoms with Gasteiger partial charge < -0.3 is 4.90 Å².